The van der Waals surface area contributed by atoms with Crippen molar-refractivity contribution in [1.29, 1.82) is 0 Å². The molecule has 1 amide bonds. The van der Waals surface area contributed by atoms with Gasteiger partial charge in [0.2, 0.25) is 0 Å². The Bertz CT molecular complexity index is 1080. The highest BCUT2D eigenvalue weighted by atomic mass is 35.5. The van der Waals surface area contributed by atoms with Crippen LogP contribution in [0.2, 0.25) is 15.1 Å². The maximum atomic E-state index is 13.8. The molecule has 12 heteroatoms. The lowest BCUT2D eigenvalue weighted by Crippen LogP contribution is -2.35. The Labute approximate surface area is 224 Å². The van der Waals surface area contributed by atoms with Crippen molar-refractivity contribution in [3.05, 3.63) is 73.7 Å². The van der Waals surface area contributed by atoms with Crippen LogP contribution < -0.4 is 5.32 Å². The van der Waals surface area contributed by atoms with Crippen molar-refractivity contribution < 1.29 is 31.1 Å². The molecular weight excluding hydrogens is 571 g/mol. The van der Waals surface area contributed by atoms with Gasteiger partial charge in [0, 0.05) is 17.4 Å². The number of amides is 1. The van der Waals surface area contributed by atoms with Gasteiger partial charge in [0.1, 0.15) is 0 Å². The molecule has 0 spiro atoms. The summed E-state index contributed by atoms with van der Waals surface area (Å²) in [5.41, 5.74) is 1.12. The summed E-state index contributed by atoms with van der Waals surface area (Å²) in [5, 5.41) is 2.41. The number of allylic oxidation sites excluding steroid dienone is 1. The van der Waals surface area contributed by atoms with E-state index in [1.54, 1.807) is 19.9 Å². The molecule has 0 bridgehead atoms. The molecule has 0 radical (unpaired) electrons. The molecular formula is C24H22Cl3F6NOS. The van der Waals surface area contributed by atoms with Crippen LogP contribution in [0.25, 0.3) is 6.08 Å². The average Bonchev–Trinajstić information content (AvgIpc) is 2.75. The molecule has 36 heavy (non-hydrogen) atoms. The van der Waals surface area contributed by atoms with Crippen molar-refractivity contribution in [2.75, 3.05) is 11.5 Å². The number of hydrogen-bond acceptors (Lipinski definition) is 2. The van der Waals surface area contributed by atoms with Crippen LogP contribution in [0.5, 0.6) is 0 Å². The fourth-order valence-electron chi connectivity index (χ4n) is 3.30. The van der Waals surface area contributed by atoms with Crippen LogP contribution in [-0.4, -0.2) is 35.8 Å². The number of nitrogens with one attached hydrogen (secondary N) is 1. The van der Waals surface area contributed by atoms with Crippen molar-refractivity contribution in [2.24, 2.45) is 0 Å². The number of thioether (sulfide) groups is 1. The Hall–Kier alpha value is -1.55. The zero-order valence-electron chi connectivity index (χ0n) is 19.0. The third-order valence-corrected chi connectivity index (χ3v) is 7.43. The van der Waals surface area contributed by atoms with Crippen molar-refractivity contribution in [3.63, 3.8) is 0 Å². The van der Waals surface area contributed by atoms with Crippen LogP contribution in [0.1, 0.15) is 46.8 Å². The first-order chi connectivity index (χ1) is 16.6. The van der Waals surface area contributed by atoms with Gasteiger partial charge >= 0.3 is 12.4 Å². The summed E-state index contributed by atoms with van der Waals surface area (Å²) in [6.45, 7) is 3.37. The van der Waals surface area contributed by atoms with Gasteiger partial charge in [-0.05, 0) is 48.2 Å². The van der Waals surface area contributed by atoms with E-state index >= 15 is 0 Å². The number of carbonyl (C=O) groups is 1. The van der Waals surface area contributed by atoms with Crippen molar-refractivity contribution >= 4 is 58.5 Å². The van der Waals surface area contributed by atoms with E-state index < -0.39 is 36.0 Å². The van der Waals surface area contributed by atoms with Gasteiger partial charge in [-0.1, -0.05) is 66.0 Å². The summed E-state index contributed by atoms with van der Waals surface area (Å²) in [7, 11) is 0. The molecule has 2 nitrogen and oxygen atoms in total. The standard InChI is InChI=1S/C24H22Cl3F6NOS/c1-3-15-8-14(4-6-17(15)22(35)34-13(2)11-36-12-23(28,29)30)5-7-18(24(31,32)33)16-9-19(25)21(27)20(26)10-16/h4-10,13,18H,3,11-12H2,1-2H3,(H,34,35)/b7-5+/t13-,18?/m1/s1. The molecule has 0 aliphatic carbocycles. The monoisotopic (exact) mass is 591 g/mol. The molecule has 0 aromatic heterocycles. The average molecular weight is 593 g/mol. The number of aryl methyl sites for hydroxylation is 1. The van der Waals surface area contributed by atoms with E-state index in [1.165, 1.54) is 18.2 Å². The topological polar surface area (TPSA) is 29.1 Å². The Morgan fingerprint density at radius 2 is 1.67 bits per heavy atom. The summed E-state index contributed by atoms with van der Waals surface area (Å²) in [6.07, 6.45) is -6.27. The van der Waals surface area contributed by atoms with Crippen LogP contribution in [0.4, 0.5) is 26.3 Å². The predicted molar refractivity (Wildman–Crippen MR) is 135 cm³/mol. The molecule has 2 atom stereocenters. The van der Waals surface area contributed by atoms with Gasteiger partial charge in [0.15, 0.2) is 0 Å². The lowest BCUT2D eigenvalue weighted by molar-refractivity contribution is -0.139. The maximum Gasteiger partial charge on any atom is 0.399 e. The highest BCUT2D eigenvalue weighted by molar-refractivity contribution is 7.99. The molecule has 0 aliphatic rings. The van der Waals surface area contributed by atoms with Crippen molar-refractivity contribution in [1.82, 2.24) is 5.32 Å². The second kappa shape index (κ2) is 12.8. The second-order valence-electron chi connectivity index (χ2n) is 7.95. The largest absolute Gasteiger partial charge is 0.399 e. The minimum absolute atomic E-state index is 0.0401. The smallest absolute Gasteiger partial charge is 0.349 e. The lowest BCUT2D eigenvalue weighted by Gasteiger charge is -2.18. The highest BCUT2D eigenvalue weighted by Gasteiger charge is 2.39. The number of benzene rings is 2. The molecule has 2 rings (SSSR count). The molecule has 198 valence electrons. The lowest BCUT2D eigenvalue weighted by atomic mass is 9.95. The summed E-state index contributed by atoms with van der Waals surface area (Å²) < 4.78 is 78.2. The van der Waals surface area contributed by atoms with Crippen LogP contribution >= 0.6 is 46.6 Å². The Kier molecular flexibility index (Phi) is 10.9. The van der Waals surface area contributed by atoms with Gasteiger partial charge in [-0.15, -0.1) is 0 Å². The van der Waals surface area contributed by atoms with Crippen LogP contribution in [0.3, 0.4) is 0 Å². The fraction of sp³-hybridized carbons (Fsp3) is 0.375. The quantitative estimate of drug-likeness (QED) is 0.233. The molecule has 0 fully saturated rings. The minimum atomic E-state index is -4.63. The molecule has 0 saturated heterocycles. The molecule has 0 heterocycles. The van der Waals surface area contributed by atoms with Gasteiger partial charge in [0.05, 0.1) is 26.7 Å². The van der Waals surface area contributed by atoms with Gasteiger partial charge in [0.25, 0.3) is 5.91 Å². The van der Waals surface area contributed by atoms with Crippen molar-refractivity contribution in [3.8, 4) is 0 Å². The first-order valence-corrected chi connectivity index (χ1v) is 12.9. The van der Waals surface area contributed by atoms with E-state index in [-0.39, 0.29) is 26.4 Å². The van der Waals surface area contributed by atoms with Gasteiger partial charge in [-0.2, -0.15) is 38.1 Å². The third-order valence-electron chi connectivity index (χ3n) is 4.96. The highest BCUT2D eigenvalue weighted by Crippen LogP contribution is 2.41. The number of rotatable bonds is 9. The fourth-order valence-corrected chi connectivity index (χ4v) is 4.70. The second-order valence-corrected chi connectivity index (χ2v) is 10.2. The molecule has 2 aromatic rings. The Balaban J connectivity index is 2.21. The van der Waals surface area contributed by atoms with E-state index in [1.807, 2.05) is 0 Å². The minimum Gasteiger partial charge on any atom is -0.349 e. The molecule has 1 N–H and O–H groups in total. The van der Waals surface area contributed by atoms with Crippen LogP contribution in [0.15, 0.2) is 36.4 Å². The summed E-state index contributed by atoms with van der Waals surface area (Å²) in [5.74, 6) is -3.42. The molecule has 2 aromatic carbocycles. The maximum absolute atomic E-state index is 13.8. The van der Waals surface area contributed by atoms with E-state index in [9.17, 15) is 31.1 Å². The van der Waals surface area contributed by atoms with E-state index in [2.05, 4.69) is 5.32 Å². The predicted octanol–water partition coefficient (Wildman–Crippen LogP) is 8.98. The molecule has 0 saturated carbocycles. The summed E-state index contributed by atoms with van der Waals surface area (Å²) in [6, 6.07) is 6.25. The van der Waals surface area contributed by atoms with Gasteiger partial charge in [-0.25, -0.2) is 0 Å². The first kappa shape index (κ1) is 30.7. The number of alkyl halides is 6. The zero-order valence-corrected chi connectivity index (χ0v) is 22.1. The van der Waals surface area contributed by atoms with Gasteiger partial charge < -0.3 is 5.32 Å². The third kappa shape index (κ3) is 9.08. The van der Waals surface area contributed by atoms with E-state index in [0.717, 1.165) is 18.2 Å². The molecule has 0 aliphatic heterocycles. The van der Waals surface area contributed by atoms with Gasteiger partial charge in [-0.3, -0.25) is 4.79 Å². The zero-order chi connectivity index (χ0) is 27.3. The number of halogens is 9. The SMILES string of the molecule is CCc1cc(/C=C/C(c2cc(Cl)c(Cl)c(Cl)c2)C(F)(F)F)ccc1C(=O)N[C@H](C)CSCC(F)(F)F. The number of carbonyl (C=O) groups excluding carboxylic acids is 1. The molecule has 1 unspecified atom stereocenters. The first-order valence-electron chi connectivity index (χ1n) is 10.6. The summed E-state index contributed by atoms with van der Waals surface area (Å²) >= 11 is 18.3. The van der Waals surface area contributed by atoms with Crippen molar-refractivity contribution in [2.45, 2.75) is 44.6 Å². The Morgan fingerprint density at radius 3 is 2.19 bits per heavy atom. The van der Waals surface area contributed by atoms with Crippen LogP contribution in [-0.2, 0) is 6.42 Å². The normalized spacial score (nSPS) is 14.2. The van der Waals surface area contributed by atoms with Crippen LogP contribution in [0, 0.1) is 0 Å². The van der Waals surface area contributed by atoms with E-state index in [0.29, 0.717) is 34.9 Å². The van der Waals surface area contributed by atoms with E-state index in [4.69, 9.17) is 34.8 Å². The summed E-state index contributed by atoms with van der Waals surface area (Å²) in [4.78, 5) is 12.6. The Morgan fingerprint density at radius 1 is 1.06 bits per heavy atom. The number of hydrogen-bond donors (Lipinski definition) is 1.